The lowest BCUT2D eigenvalue weighted by Crippen LogP contribution is -2.65. The molecule has 0 aromatic rings. The van der Waals surface area contributed by atoms with E-state index in [9.17, 15) is 14.7 Å². The van der Waals surface area contributed by atoms with Crippen LogP contribution in [0.5, 0.6) is 0 Å². The van der Waals surface area contributed by atoms with E-state index < -0.39 is 36.0 Å². The first-order chi connectivity index (χ1) is 8.91. The Kier molecular flexibility index (Phi) is 3.77. The van der Waals surface area contributed by atoms with E-state index in [1.807, 2.05) is 0 Å². The minimum Gasteiger partial charge on any atom is -0.394 e. The highest BCUT2D eigenvalue weighted by molar-refractivity contribution is 6.01. The molecule has 0 bridgehead atoms. The van der Waals surface area contributed by atoms with Crippen LogP contribution in [-0.4, -0.2) is 71.3 Å². The van der Waals surface area contributed by atoms with Gasteiger partial charge in [0.25, 0.3) is 5.91 Å². The third-order valence-electron chi connectivity index (χ3n) is 3.62. The lowest BCUT2D eigenvalue weighted by molar-refractivity contribution is -0.151. The van der Waals surface area contributed by atoms with Crippen molar-refractivity contribution in [1.29, 1.82) is 0 Å². The van der Waals surface area contributed by atoms with Crippen LogP contribution in [0.25, 0.3) is 0 Å². The van der Waals surface area contributed by atoms with Crippen LogP contribution in [0.15, 0.2) is 0 Å². The summed E-state index contributed by atoms with van der Waals surface area (Å²) >= 11 is 0. The number of carbonyl (C=O) groups excluding carboxylic acids is 2. The topological polar surface area (TPSA) is 108 Å². The first-order valence-electron chi connectivity index (χ1n) is 6.03. The van der Waals surface area contributed by atoms with Crippen molar-refractivity contribution in [2.75, 3.05) is 20.3 Å². The van der Waals surface area contributed by atoms with E-state index in [0.717, 1.165) is 0 Å². The Morgan fingerprint density at radius 2 is 2.26 bits per heavy atom. The molecule has 2 saturated heterocycles. The van der Waals surface area contributed by atoms with Gasteiger partial charge in [0.1, 0.15) is 12.3 Å². The number of imide groups is 1. The molecule has 8 heteroatoms. The number of amides is 3. The molecule has 0 saturated carbocycles. The predicted molar refractivity (Wildman–Crippen MR) is 62.0 cm³/mol. The maximum absolute atomic E-state index is 11.8. The van der Waals surface area contributed by atoms with Gasteiger partial charge in [-0.1, -0.05) is 0 Å². The number of aliphatic hydroxyl groups is 2. The maximum atomic E-state index is 11.8. The van der Waals surface area contributed by atoms with Crippen LogP contribution in [-0.2, 0) is 14.3 Å². The maximum Gasteiger partial charge on any atom is 0.326 e. The molecule has 0 aliphatic carbocycles. The second-order valence-corrected chi connectivity index (χ2v) is 4.94. The Hall–Kier alpha value is -1.22. The average Bonchev–Trinajstić information content (AvgIpc) is 2.75. The zero-order valence-corrected chi connectivity index (χ0v) is 10.8. The molecule has 19 heavy (non-hydrogen) atoms. The smallest absolute Gasteiger partial charge is 0.326 e. The minimum atomic E-state index is -1.15. The highest BCUT2D eigenvalue weighted by Crippen LogP contribution is 2.27. The molecule has 0 radical (unpaired) electrons. The summed E-state index contributed by atoms with van der Waals surface area (Å²) in [7, 11) is 1.38. The molecule has 2 fully saturated rings. The quantitative estimate of drug-likeness (QED) is 0.572. The minimum absolute atomic E-state index is 0.0315. The first-order valence-corrected chi connectivity index (χ1v) is 6.03. The second kappa shape index (κ2) is 5.04. The van der Waals surface area contributed by atoms with E-state index in [4.69, 9.17) is 14.6 Å². The number of methoxy groups -OCH3 is 1. The molecule has 3 amide bonds. The number of nitrogens with one attached hydrogen (secondary N) is 1. The van der Waals surface area contributed by atoms with E-state index in [2.05, 4.69) is 5.32 Å². The standard InChI is InChI=1S/C11H18N2O6/c1-11(18-2)5-13(10(17)12-9(11)16)8-3-6(15)7(4-14)19-8/h6-8,14-15H,3-5H2,1-2H3,(H,12,16,17)/t6-,7+,8+,11?/m0/s1. The summed E-state index contributed by atoms with van der Waals surface area (Å²) in [5.74, 6) is -0.506. The number of aliphatic hydroxyl groups excluding tert-OH is 2. The normalized spacial score (nSPS) is 39.6. The van der Waals surface area contributed by atoms with Crippen molar-refractivity contribution >= 4 is 11.9 Å². The molecular formula is C11H18N2O6. The van der Waals surface area contributed by atoms with Crippen molar-refractivity contribution in [3.8, 4) is 0 Å². The van der Waals surface area contributed by atoms with E-state index in [1.165, 1.54) is 12.0 Å². The molecule has 0 aromatic carbocycles. The van der Waals surface area contributed by atoms with Crippen LogP contribution in [0.2, 0.25) is 0 Å². The Morgan fingerprint density at radius 3 is 2.79 bits per heavy atom. The van der Waals surface area contributed by atoms with Gasteiger partial charge in [-0.15, -0.1) is 0 Å². The number of ether oxygens (including phenoxy) is 2. The molecule has 4 atom stereocenters. The highest BCUT2D eigenvalue weighted by atomic mass is 16.5. The summed E-state index contributed by atoms with van der Waals surface area (Å²) in [6.07, 6.45) is -2.06. The SMILES string of the molecule is COC1(C)CN([C@H]2C[C@H](O)[C@@H](CO)O2)C(=O)NC1=O. The molecule has 8 nitrogen and oxygen atoms in total. The van der Waals surface area contributed by atoms with E-state index in [0.29, 0.717) is 0 Å². The third kappa shape index (κ3) is 2.44. The van der Waals surface area contributed by atoms with Gasteiger partial charge in [-0.3, -0.25) is 15.0 Å². The van der Waals surface area contributed by atoms with Gasteiger partial charge in [0, 0.05) is 13.5 Å². The number of hydrogen-bond acceptors (Lipinski definition) is 6. The fourth-order valence-corrected chi connectivity index (χ4v) is 2.23. The van der Waals surface area contributed by atoms with Crippen molar-refractivity contribution in [2.24, 2.45) is 0 Å². The monoisotopic (exact) mass is 274 g/mol. The van der Waals surface area contributed by atoms with Crippen LogP contribution in [0.4, 0.5) is 4.79 Å². The number of carbonyl (C=O) groups is 2. The first kappa shape index (κ1) is 14.2. The second-order valence-electron chi connectivity index (χ2n) is 4.94. The fourth-order valence-electron chi connectivity index (χ4n) is 2.23. The van der Waals surface area contributed by atoms with Gasteiger partial charge in [-0.2, -0.15) is 0 Å². The summed E-state index contributed by atoms with van der Waals surface area (Å²) < 4.78 is 10.5. The number of hydrogen-bond donors (Lipinski definition) is 3. The van der Waals surface area contributed by atoms with Crippen LogP contribution in [0, 0.1) is 0 Å². The summed E-state index contributed by atoms with van der Waals surface area (Å²) in [6, 6.07) is -0.588. The average molecular weight is 274 g/mol. The number of urea groups is 1. The summed E-state index contributed by atoms with van der Waals surface area (Å²) in [5, 5.41) is 20.9. The summed E-state index contributed by atoms with van der Waals surface area (Å²) in [4.78, 5) is 24.8. The van der Waals surface area contributed by atoms with Gasteiger partial charge in [-0.25, -0.2) is 4.79 Å². The number of rotatable bonds is 3. The zero-order chi connectivity index (χ0) is 14.2. The van der Waals surface area contributed by atoms with Crippen LogP contribution in [0.1, 0.15) is 13.3 Å². The van der Waals surface area contributed by atoms with Crippen molar-refractivity contribution in [1.82, 2.24) is 10.2 Å². The van der Waals surface area contributed by atoms with Crippen LogP contribution < -0.4 is 5.32 Å². The Labute approximate surface area is 110 Å². The molecule has 0 aromatic heterocycles. The molecule has 108 valence electrons. The zero-order valence-electron chi connectivity index (χ0n) is 10.8. The predicted octanol–water partition coefficient (Wildman–Crippen LogP) is -1.59. The lowest BCUT2D eigenvalue weighted by Gasteiger charge is -2.40. The van der Waals surface area contributed by atoms with Gasteiger partial charge < -0.3 is 19.7 Å². The van der Waals surface area contributed by atoms with Crippen LogP contribution in [0.3, 0.4) is 0 Å². The Balaban J connectivity index is 2.12. The number of nitrogens with zero attached hydrogens (tertiary/aromatic N) is 1. The lowest BCUT2D eigenvalue weighted by atomic mass is 10.0. The summed E-state index contributed by atoms with van der Waals surface area (Å²) in [5.41, 5.74) is -1.15. The summed E-state index contributed by atoms with van der Waals surface area (Å²) in [6.45, 7) is 1.27. The van der Waals surface area contributed by atoms with Gasteiger partial charge in [0.15, 0.2) is 5.60 Å². The van der Waals surface area contributed by atoms with Gasteiger partial charge >= 0.3 is 6.03 Å². The molecule has 2 aliphatic rings. The van der Waals surface area contributed by atoms with Gasteiger partial charge in [0.2, 0.25) is 0 Å². The van der Waals surface area contributed by atoms with Crippen molar-refractivity contribution in [3.05, 3.63) is 0 Å². The van der Waals surface area contributed by atoms with Crippen LogP contribution >= 0.6 is 0 Å². The Bertz CT molecular complexity index is 389. The van der Waals surface area contributed by atoms with E-state index in [-0.39, 0.29) is 19.6 Å². The molecule has 2 heterocycles. The van der Waals surface area contributed by atoms with Gasteiger partial charge in [0.05, 0.1) is 19.3 Å². The third-order valence-corrected chi connectivity index (χ3v) is 3.62. The highest BCUT2D eigenvalue weighted by Gasteiger charge is 2.48. The molecule has 2 aliphatic heterocycles. The fraction of sp³-hybridized carbons (Fsp3) is 0.818. The van der Waals surface area contributed by atoms with Gasteiger partial charge in [-0.05, 0) is 6.92 Å². The van der Waals surface area contributed by atoms with E-state index >= 15 is 0 Å². The molecule has 2 rings (SSSR count). The van der Waals surface area contributed by atoms with Crippen molar-refractivity contribution in [3.63, 3.8) is 0 Å². The van der Waals surface area contributed by atoms with Crippen molar-refractivity contribution < 1.29 is 29.3 Å². The molecular weight excluding hydrogens is 256 g/mol. The molecule has 1 unspecified atom stereocenters. The van der Waals surface area contributed by atoms with Crippen molar-refractivity contribution in [2.45, 2.75) is 37.4 Å². The Morgan fingerprint density at radius 1 is 1.58 bits per heavy atom. The molecule has 3 N–H and O–H groups in total. The largest absolute Gasteiger partial charge is 0.394 e. The van der Waals surface area contributed by atoms with E-state index in [1.54, 1.807) is 6.92 Å². The molecule has 0 spiro atoms.